The van der Waals surface area contributed by atoms with Gasteiger partial charge in [-0.1, -0.05) is 6.07 Å². The number of aromatic nitrogens is 4. The van der Waals surface area contributed by atoms with Gasteiger partial charge in [0.2, 0.25) is 11.7 Å². The van der Waals surface area contributed by atoms with Crippen molar-refractivity contribution in [3.8, 4) is 5.69 Å². The number of rotatable bonds is 2. The van der Waals surface area contributed by atoms with Gasteiger partial charge in [-0.05, 0) is 40.9 Å². The first kappa shape index (κ1) is 14.6. The number of imidazole rings is 1. The molecule has 8 heteroatoms. The molecule has 7 nitrogen and oxygen atoms in total. The molecule has 3 aliphatic rings. The standard InChI is InChI=1S/C18H14BrN6O/c19-14-3-1-2-13-15(14)24-10-20-8-12(24)9-25(7-6-21-16(13)25)18-22-17(26-23-18)11-4-5-11/h1-3,6-8,10-11H,4-5,9H2/q+1. The van der Waals surface area contributed by atoms with Crippen molar-refractivity contribution in [1.29, 1.82) is 0 Å². The van der Waals surface area contributed by atoms with Crippen LogP contribution in [0.15, 0.2) is 57.1 Å². The molecule has 0 amide bonds. The zero-order valence-electron chi connectivity index (χ0n) is 13.7. The van der Waals surface area contributed by atoms with Crippen LogP contribution in [-0.2, 0) is 6.54 Å². The topological polar surface area (TPSA) is 69.1 Å². The number of para-hydroxylation sites is 1. The van der Waals surface area contributed by atoms with Crippen LogP contribution in [0, 0.1) is 0 Å². The van der Waals surface area contributed by atoms with E-state index in [1.165, 1.54) is 0 Å². The summed E-state index contributed by atoms with van der Waals surface area (Å²) in [4.78, 5) is 13.8. The minimum atomic E-state index is 0.311. The summed E-state index contributed by atoms with van der Waals surface area (Å²) in [6.45, 7) is 0.625. The maximum absolute atomic E-state index is 5.57. The van der Waals surface area contributed by atoms with Gasteiger partial charge in [-0.2, -0.15) is 9.48 Å². The molecule has 1 fully saturated rings. The molecule has 2 aromatic heterocycles. The fourth-order valence-electron chi connectivity index (χ4n) is 3.76. The number of nitrogens with zero attached hydrogens (tertiary/aromatic N) is 6. The molecule has 128 valence electrons. The van der Waals surface area contributed by atoms with Crippen LogP contribution in [0.2, 0.25) is 0 Å². The molecule has 3 aromatic rings. The van der Waals surface area contributed by atoms with Gasteiger partial charge in [0.1, 0.15) is 12.7 Å². The van der Waals surface area contributed by atoms with Crippen LogP contribution in [0.25, 0.3) is 5.69 Å². The number of hydrogen-bond donors (Lipinski definition) is 0. The van der Waals surface area contributed by atoms with Gasteiger partial charge >= 0.3 is 5.95 Å². The Morgan fingerprint density at radius 1 is 1.27 bits per heavy atom. The van der Waals surface area contributed by atoms with Gasteiger partial charge in [-0.25, -0.2) is 4.98 Å². The van der Waals surface area contributed by atoms with Gasteiger partial charge in [0.25, 0.3) is 0 Å². The summed E-state index contributed by atoms with van der Waals surface area (Å²) < 4.78 is 8.98. The summed E-state index contributed by atoms with van der Waals surface area (Å²) in [5.41, 5.74) is 3.12. The Morgan fingerprint density at radius 3 is 3.08 bits per heavy atom. The Hall–Kier alpha value is -2.58. The van der Waals surface area contributed by atoms with E-state index >= 15 is 0 Å². The van der Waals surface area contributed by atoms with Gasteiger partial charge in [0.05, 0.1) is 35.7 Å². The highest BCUT2D eigenvalue weighted by molar-refractivity contribution is 9.10. The summed E-state index contributed by atoms with van der Waals surface area (Å²) in [5, 5.41) is 4.34. The van der Waals surface area contributed by atoms with Gasteiger partial charge in [-0.3, -0.25) is 4.57 Å². The van der Waals surface area contributed by atoms with Crippen molar-refractivity contribution < 1.29 is 4.52 Å². The van der Waals surface area contributed by atoms with E-state index in [0.29, 0.717) is 22.9 Å². The molecular weight excluding hydrogens is 396 g/mol. The molecule has 0 spiro atoms. The van der Waals surface area contributed by atoms with E-state index in [1.54, 1.807) is 0 Å². The van der Waals surface area contributed by atoms with Gasteiger partial charge in [0.15, 0.2) is 0 Å². The monoisotopic (exact) mass is 409 g/mol. The average Bonchev–Trinajstić information content (AvgIpc) is 3.07. The second kappa shape index (κ2) is 4.99. The largest absolute Gasteiger partial charge is 0.377 e. The lowest BCUT2D eigenvalue weighted by molar-refractivity contribution is 0.367. The number of quaternary nitrogens is 1. The van der Waals surface area contributed by atoms with E-state index in [0.717, 1.165) is 46.0 Å². The normalized spacial score (nSPS) is 23.2. The zero-order chi connectivity index (χ0) is 17.3. The van der Waals surface area contributed by atoms with Crippen molar-refractivity contribution in [2.45, 2.75) is 25.3 Å². The summed E-state index contributed by atoms with van der Waals surface area (Å²) in [5.74, 6) is 2.67. The van der Waals surface area contributed by atoms with Crippen molar-refractivity contribution in [1.82, 2.24) is 24.2 Å². The lowest BCUT2D eigenvalue weighted by Crippen LogP contribution is -2.47. The summed E-state index contributed by atoms with van der Waals surface area (Å²) >= 11 is 3.69. The first-order valence-corrected chi connectivity index (χ1v) is 9.34. The molecule has 0 bridgehead atoms. The third-order valence-electron chi connectivity index (χ3n) is 5.21. The molecule has 1 aliphatic carbocycles. The third kappa shape index (κ3) is 1.85. The van der Waals surface area contributed by atoms with Crippen molar-refractivity contribution in [2.24, 2.45) is 4.99 Å². The lowest BCUT2D eigenvalue weighted by Gasteiger charge is -2.25. The maximum Gasteiger partial charge on any atom is 0.377 e. The minimum Gasteiger partial charge on any atom is -0.334 e. The molecule has 1 saturated carbocycles. The molecule has 26 heavy (non-hydrogen) atoms. The fraction of sp³-hybridized carbons (Fsp3) is 0.222. The van der Waals surface area contributed by atoms with Gasteiger partial charge in [-0.15, -0.1) is 4.98 Å². The van der Waals surface area contributed by atoms with Crippen LogP contribution in [0.4, 0.5) is 5.95 Å². The number of hydrogen-bond acceptors (Lipinski definition) is 5. The zero-order valence-corrected chi connectivity index (χ0v) is 15.3. The Morgan fingerprint density at radius 2 is 2.19 bits per heavy atom. The fourth-order valence-corrected chi connectivity index (χ4v) is 4.31. The second-order valence-electron chi connectivity index (χ2n) is 6.88. The highest BCUT2D eigenvalue weighted by Crippen LogP contribution is 2.42. The first-order chi connectivity index (χ1) is 12.8. The van der Waals surface area contributed by atoms with Crippen molar-refractivity contribution in [3.63, 3.8) is 0 Å². The summed E-state index contributed by atoms with van der Waals surface area (Å²) in [6.07, 6.45) is 9.85. The van der Waals surface area contributed by atoms with Crippen molar-refractivity contribution in [3.05, 3.63) is 64.7 Å². The van der Waals surface area contributed by atoms with E-state index in [-0.39, 0.29) is 0 Å². The molecule has 2 aliphatic heterocycles. The van der Waals surface area contributed by atoms with E-state index in [1.807, 2.05) is 37.1 Å². The highest BCUT2D eigenvalue weighted by Gasteiger charge is 2.48. The van der Waals surface area contributed by atoms with Crippen LogP contribution in [0.1, 0.15) is 35.9 Å². The average molecular weight is 410 g/mol. The first-order valence-electron chi connectivity index (χ1n) is 8.55. The van der Waals surface area contributed by atoms with E-state index in [4.69, 9.17) is 14.5 Å². The molecule has 0 radical (unpaired) electrons. The predicted molar refractivity (Wildman–Crippen MR) is 98.7 cm³/mol. The van der Waals surface area contributed by atoms with Crippen LogP contribution in [-0.4, -0.2) is 25.5 Å². The number of halogens is 1. The Labute approximate surface area is 157 Å². The summed E-state index contributed by atoms with van der Waals surface area (Å²) in [7, 11) is 0. The van der Waals surface area contributed by atoms with Gasteiger partial charge < -0.3 is 4.52 Å². The Kier molecular flexibility index (Phi) is 2.80. The Balaban J connectivity index is 1.63. The molecule has 0 saturated heterocycles. The SMILES string of the molecule is Brc1cccc2c1-n1cncc1C[N+]1(c3noc(C4CC4)n3)C=CN=C21. The predicted octanol–water partition coefficient (Wildman–Crippen LogP) is 3.65. The molecule has 1 unspecified atom stereocenters. The molecule has 0 N–H and O–H groups in total. The third-order valence-corrected chi connectivity index (χ3v) is 5.85. The van der Waals surface area contributed by atoms with Crippen LogP contribution < -0.4 is 4.48 Å². The number of amidine groups is 1. The molecule has 1 atom stereocenters. The number of fused-ring (bicyclic) bond motifs is 5. The molecule has 1 aromatic carbocycles. The molecule has 6 rings (SSSR count). The quantitative estimate of drug-likeness (QED) is 0.605. The van der Waals surface area contributed by atoms with Crippen molar-refractivity contribution >= 4 is 27.7 Å². The van der Waals surface area contributed by atoms with Crippen LogP contribution >= 0.6 is 15.9 Å². The maximum atomic E-state index is 5.57. The van der Waals surface area contributed by atoms with E-state index < -0.39 is 0 Å². The Bertz CT molecular complexity index is 1110. The minimum absolute atomic E-state index is 0.311. The van der Waals surface area contributed by atoms with Crippen LogP contribution in [0.5, 0.6) is 0 Å². The van der Waals surface area contributed by atoms with Crippen LogP contribution in [0.3, 0.4) is 0 Å². The smallest absolute Gasteiger partial charge is 0.334 e. The van der Waals surface area contributed by atoms with E-state index in [2.05, 4.69) is 36.7 Å². The number of aliphatic imine (C=N–C) groups is 1. The van der Waals surface area contributed by atoms with Gasteiger partial charge in [0, 0.05) is 15.5 Å². The van der Waals surface area contributed by atoms with Crippen molar-refractivity contribution in [2.75, 3.05) is 0 Å². The molecular formula is C18H14BrN6O+. The second-order valence-corrected chi connectivity index (χ2v) is 7.73. The highest BCUT2D eigenvalue weighted by atomic mass is 79.9. The summed E-state index contributed by atoms with van der Waals surface area (Å²) in [6, 6.07) is 6.13. The lowest BCUT2D eigenvalue weighted by atomic mass is 10.1. The molecule has 4 heterocycles. The van der Waals surface area contributed by atoms with E-state index in [9.17, 15) is 0 Å². The number of benzene rings is 1.